The molecule has 0 bridgehead atoms. The van der Waals surface area contributed by atoms with Crippen LogP contribution in [0, 0.1) is 0 Å². The summed E-state index contributed by atoms with van der Waals surface area (Å²) in [6.07, 6.45) is 3.09. The smallest absolute Gasteiger partial charge is 0.234 e. The van der Waals surface area contributed by atoms with Crippen LogP contribution in [0.1, 0.15) is 35.6 Å². The topological polar surface area (TPSA) is 50.8 Å². The van der Waals surface area contributed by atoms with Gasteiger partial charge in [0.15, 0.2) is 11.5 Å². The first-order valence-corrected chi connectivity index (χ1v) is 9.52. The molecule has 1 unspecified atom stereocenters. The molecule has 1 heterocycles. The molecule has 0 radical (unpaired) electrons. The first kappa shape index (κ1) is 17.9. The van der Waals surface area contributed by atoms with Gasteiger partial charge >= 0.3 is 0 Å². The molecule has 142 valence electrons. The minimum Gasteiger partial charge on any atom is -0.493 e. The highest BCUT2D eigenvalue weighted by atomic mass is 16.5. The molecule has 1 atom stereocenters. The highest BCUT2D eigenvalue weighted by Gasteiger charge is 2.32. The van der Waals surface area contributed by atoms with Crippen molar-refractivity contribution in [2.45, 2.75) is 31.3 Å². The molecule has 2 aliphatic rings. The standard InChI is InChI=1S/C22H26N2O3/c1-26-19-12-16-10-11-24(14-21(25)23-17-8-9-17)22(15-6-4-3-5-7-15)18(16)13-20(19)27-2/h3-7,12-13,17,22H,8-11,14H2,1-2H3,(H,23,25). The van der Waals surface area contributed by atoms with Crippen molar-refractivity contribution in [2.75, 3.05) is 27.3 Å². The first-order chi connectivity index (χ1) is 13.2. The fraction of sp³-hybridized carbons (Fsp3) is 0.409. The molecule has 1 aliphatic carbocycles. The van der Waals surface area contributed by atoms with Gasteiger partial charge in [-0.25, -0.2) is 0 Å². The Hall–Kier alpha value is -2.53. The normalized spacial score (nSPS) is 19.3. The van der Waals surface area contributed by atoms with Crippen molar-refractivity contribution in [1.29, 1.82) is 0 Å². The lowest BCUT2D eigenvalue weighted by atomic mass is 9.87. The molecular formula is C22H26N2O3. The average Bonchev–Trinajstić information content (AvgIpc) is 3.51. The van der Waals surface area contributed by atoms with Gasteiger partial charge in [-0.05, 0) is 48.1 Å². The molecule has 2 aromatic carbocycles. The lowest BCUT2D eigenvalue weighted by Crippen LogP contribution is -2.43. The number of hydrogen-bond acceptors (Lipinski definition) is 4. The minimum atomic E-state index is 0.0275. The third-order valence-electron chi connectivity index (χ3n) is 5.38. The van der Waals surface area contributed by atoms with Gasteiger partial charge in [-0.2, -0.15) is 0 Å². The zero-order valence-electron chi connectivity index (χ0n) is 15.9. The van der Waals surface area contributed by atoms with E-state index in [-0.39, 0.29) is 11.9 Å². The fourth-order valence-corrected chi connectivity index (χ4v) is 3.88. The van der Waals surface area contributed by atoms with Gasteiger partial charge in [0.2, 0.25) is 5.91 Å². The molecule has 0 aromatic heterocycles. The quantitative estimate of drug-likeness (QED) is 0.854. The lowest BCUT2D eigenvalue weighted by Gasteiger charge is -2.37. The fourth-order valence-electron chi connectivity index (χ4n) is 3.88. The highest BCUT2D eigenvalue weighted by molar-refractivity contribution is 5.79. The molecular weight excluding hydrogens is 340 g/mol. The van der Waals surface area contributed by atoms with E-state index in [1.54, 1.807) is 14.2 Å². The number of ether oxygens (including phenoxy) is 2. The molecule has 1 aliphatic heterocycles. The SMILES string of the molecule is COc1cc2c(cc1OC)C(c1ccccc1)N(CC(=O)NC1CC1)CC2. The average molecular weight is 366 g/mol. The van der Waals surface area contributed by atoms with Crippen LogP contribution in [0.4, 0.5) is 0 Å². The molecule has 5 nitrogen and oxygen atoms in total. The molecule has 4 rings (SSSR count). The molecule has 2 aromatic rings. The van der Waals surface area contributed by atoms with Gasteiger partial charge in [-0.3, -0.25) is 9.69 Å². The molecule has 1 amide bonds. The zero-order valence-corrected chi connectivity index (χ0v) is 15.9. The van der Waals surface area contributed by atoms with Crippen molar-refractivity contribution in [3.05, 3.63) is 59.2 Å². The molecule has 1 saturated carbocycles. The van der Waals surface area contributed by atoms with Crippen LogP contribution in [0.5, 0.6) is 11.5 Å². The number of carbonyl (C=O) groups is 1. The summed E-state index contributed by atoms with van der Waals surface area (Å²) in [4.78, 5) is 14.7. The number of nitrogens with one attached hydrogen (secondary N) is 1. The Kier molecular flexibility index (Phi) is 5.03. The van der Waals surface area contributed by atoms with Gasteiger partial charge < -0.3 is 14.8 Å². The van der Waals surface area contributed by atoms with Gasteiger partial charge in [-0.15, -0.1) is 0 Å². The van der Waals surface area contributed by atoms with Crippen LogP contribution in [0.25, 0.3) is 0 Å². The maximum atomic E-state index is 12.5. The number of rotatable bonds is 6. The zero-order chi connectivity index (χ0) is 18.8. The third kappa shape index (κ3) is 3.78. The summed E-state index contributed by atoms with van der Waals surface area (Å²) >= 11 is 0. The molecule has 27 heavy (non-hydrogen) atoms. The van der Waals surface area contributed by atoms with Crippen LogP contribution >= 0.6 is 0 Å². The maximum absolute atomic E-state index is 12.5. The van der Waals surface area contributed by atoms with Crippen LogP contribution < -0.4 is 14.8 Å². The third-order valence-corrected chi connectivity index (χ3v) is 5.38. The molecule has 0 spiro atoms. The second-order valence-corrected chi connectivity index (χ2v) is 7.28. The van der Waals surface area contributed by atoms with E-state index >= 15 is 0 Å². The Balaban J connectivity index is 1.70. The molecule has 1 N–H and O–H groups in total. The Morgan fingerprint density at radius 1 is 1.11 bits per heavy atom. The monoisotopic (exact) mass is 366 g/mol. The van der Waals surface area contributed by atoms with E-state index in [1.807, 2.05) is 18.2 Å². The molecule has 1 fully saturated rings. The van der Waals surface area contributed by atoms with E-state index in [0.29, 0.717) is 12.6 Å². The van der Waals surface area contributed by atoms with Gasteiger partial charge in [0.25, 0.3) is 0 Å². The summed E-state index contributed by atoms with van der Waals surface area (Å²) in [6.45, 7) is 1.24. The van der Waals surface area contributed by atoms with Crippen molar-refractivity contribution in [2.24, 2.45) is 0 Å². The highest BCUT2D eigenvalue weighted by Crippen LogP contribution is 2.40. The van der Waals surface area contributed by atoms with Gasteiger partial charge in [0.1, 0.15) is 0 Å². The Morgan fingerprint density at radius 3 is 2.48 bits per heavy atom. The second-order valence-electron chi connectivity index (χ2n) is 7.28. The number of hydrogen-bond donors (Lipinski definition) is 1. The summed E-state index contributed by atoms with van der Waals surface area (Å²) in [5.74, 6) is 1.59. The van der Waals surface area contributed by atoms with E-state index in [9.17, 15) is 4.79 Å². The summed E-state index contributed by atoms with van der Waals surface area (Å²) in [7, 11) is 3.32. The van der Waals surface area contributed by atoms with E-state index < -0.39 is 0 Å². The van der Waals surface area contributed by atoms with Gasteiger partial charge in [0.05, 0.1) is 26.8 Å². The van der Waals surface area contributed by atoms with Crippen molar-refractivity contribution >= 4 is 5.91 Å². The number of methoxy groups -OCH3 is 2. The van der Waals surface area contributed by atoms with Crippen molar-refractivity contribution < 1.29 is 14.3 Å². The predicted molar refractivity (Wildman–Crippen MR) is 104 cm³/mol. The summed E-state index contributed by atoms with van der Waals surface area (Å²) in [6, 6.07) is 14.9. The Bertz CT molecular complexity index is 818. The largest absolute Gasteiger partial charge is 0.493 e. The Labute approximate surface area is 160 Å². The number of fused-ring (bicyclic) bond motifs is 1. The van der Waals surface area contributed by atoms with Crippen molar-refractivity contribution in [1.82, 2.24) is 10.2 Å². The van der Waals surface area contributed by atoms with Crippen molar-refractivity contribution in [3.63, 3.8) is 0 Å². The maximum Gasteiger partial charge on any atom is 0.234 e. The number of benzene rings is 2. The van der Waals surface area contributed by atoms with Crippen LogP contribution in [0.2, 0.25) is 0 Å². The summed E-state index contributed by atoms with van der Waals surface area (Å²) in [5, 5.41) is 3.11. The molecule has 5 heteroatoms. The van der Waals surface area contributed by atoms with Crippen molar-refractivity contribution in [3.8, 4) is 11.5 Å². The van der Waals surface area contributed by atoms with E-state index in [2.05, 4.69) is 34.5 Å². The second kappa shape index (κ2) is 7.61. The number of carbonyl (C=O) groups excluding carboxylic acids is 1. The van der Waals surface area contributed by atoms with E-state index in [1.165, 1.54) is 16.7 Å². The number of amides is 1. The van der Waals surface area contributed by atoms with E-state index in [0.717, 1.165) is 37.3 Å². The summed E-state index contributed by atoms with van der Waals surface area (Å²) in [5.41, 5.74) is 3.62. The lowest BCUT2D eigenvalue weighted by molar-refractivity contribution is -0.122. The first-order valence-electron chi connectivity index (χ1n) is 9.52. The van der Waals surface area contributed by atoms with Crippen LogP contribution in [-0.4, -0.2) is 44.2 Å². The molecule has 0 saturated heterocycles. The van der Waals surface area contributed by atoms with Crippen LogP contribution in [-0.2, 0) is 11.2 Å². The van der Waals surface area contributed by atoms with Crippen LogP contribution in [0.15, 0.2) is 42.5 Å². The Morgan fingerprint density at radius 2 is 1.81 bits per heavy atom. The van der Waals surface area contributed by atoms with E-state index in [4.69, 9.17) is 9.47 Å². The number of nitrogens with zero attached hydrogens (tertiary/aromatic N) is 1. The minimum absolute atomic E-state index is 0.0275. The van der Waals surface area contributed by atoms with Crippen LogP contribution in [0.3, 0.4) is 0 Å². The predicted octanol–water partition coefficient (Wildman–Crippen LogP) is 2.93. The van der Waals surface area contributed by atoms with Gasteiger partial charge in [-0.1, -0.05) is 30.3 Å². The van der Waals surface area contributed by atoms with Gasteiger partial charge in [0, 0.05) is 12.6 Å². The summed E-state index contributed by atoms with van der Waals surface area (Å²) < 4.78 is 11.0.